The number of aryl methyl sites for hydroxylation is 1. The van der Waals surface area contributed by atoms with Crippen LogP contribution in [-0.2, 0) is 7.05 Å². The van der Waals surface area contributed by atoms with Gasteiger partial charge in [-0.05, 0) is 13.0 Å². The van der Waals surface area contributed by atoms with Crippen molar-refractivity contribution >= 4 is 11.8 Å². The number of thioether (sulfide) groups is 1. The third kappa shape index (κ3) is 3.04. The first-order valence-electron chi connectivity index (χ1n) is 5.34. The van der Waals surface area contributed by atoms with Crippen molar-refractivity contribution in [2.45, 2.75) is 23.4 Å². The van der Waals surface area contributed by atoms with E-state index >= 15 is 0 Å². The van der Waals surface area contributed by atoms with Crippen molar-refractivity contribution in [3.63, 3.8) is 0 Å². The molecule has 2 rings (SSSR count). The summed E-state index contributed by atoms with van der Waals surface area (Å²) in [4.78, 5) is 8.40. The van der Waals surface area contributed by atoms with Gasteiger partial charge in [-0.1, -0.05) is 11.8 Å². The molecule has 0 saturated heterocycles. The van der Waals surface area contributed by atoms with Crippen LogP contribution in [0.2, 0.25) is 0 Å². The molecule has 2 aromatic rings. The lowest BCUT2D eigenvalue weighted by Crippen LogP contribution is -2.22. The summed E-state index contributed by atoms with van der Waals surface area (Å²) < 4.78 is 1.77. The zero-order valence-electron chi connectivity index (χ0n) is 9.82. The molecular formula is C11H15N5S. The van der Waals surface area contributed by atoms with Gasteiger partial charge in [0.05, 0.1) is 11.4 Å². The Balaban J connectivity index is 2.19. The van der Waals surface area contributed by atoms with E-state index < -0.39 is 0 Å². The SMILES string of the molecule is CC(N)C(Sc1ncccn1)c1cnn(C)c1. The van der Waals surface area contributed by atoms with E-state index in [4.69, 9.17) is 5.73 Å². The molecule has 0 fully saturated rings. The van der Waals surface area contributed by atoms with Crippen molar-refractivity contribution in [1.82, 2.24) is 19.7 Å². The molecule has 2 aromatic heterocycles. The molecule has 0 bridgehead atoms. The van der Waals surface area contributed by atoms with Gasteiger partial charge in [0.1, 0.15) is 0 Å². The molecule has 0 amide bonds. The van der Waals surface area contributed by atoms with Crippen LogP contribution < -0.4 is 5.73 Å². The molecule has 0 aliphatic carbocycles. The van der Waals surface area contributed by atoms with Crippen molar-refractivity contribution in [1.29, 1.82) is 0 Å². The number of aromatic nitrogens is 4. The van der Waals surface area contributed by atoms with Crippen LogP contribution in [0.4, 0.5) is 0 Å². The monoisotopic (exact) mass is 249 g/mol. The molecule has 2 atom stereocenters. The van der Waals surface area contributed by atoms with Crippen LogP contribution in [0, 0.1) is 0 Å². The molecule has 2 N–H and O–H groups in total. The largest absolute Gasteiger partial charge is 0.327 e. The molecule has 2 heterocycles. The van der Waals surface area contributed by atoms with Crippen molar-refractivity contribution in [2.24, 2.45) is 12.8 Å². The fraction of sp³-hybridized carbons (Fsp3) is 0.364. The summed E-state index contributed by atoms with van der Waals surface area (Å²) in [6.07, 6.45) is 7.28. The molecule has 5 nitrogen and oxygen atoms in total. The fourth-order valence-corrected chi connectivity index (χ4v) is 2.47. The second-order valence-corrected chi connectivity index (χ2v) is 4.98. The van der Waals surface area contributed by atoms with Crippen LogP contribution in [0.5, 0.6) is 0 Å². The van der Waals surface area contributed by atoms with Crippen LogP contribution in [0.25, 0.3) is 0 Å². The molecule has 0 spiro atoms. The lowest BCUT2D eigenvalue weighted by Gasteiger charge is -2.17. The van der Waals surface area contributed by atoms with E-state index in [9.17, 15) is 0 Å². The Bertz CT molecular complexity index is 468. The number of hydrogen-bond acceptors (Lipinski definition) is 5. The molecule has 0 aromatic carbocycles. The second kappa shape index (κ2) is 5.29. The normalized spacial score (nSPS) is 14.5. The molecule has 17 heavy (non-hydrogen) atoms. The van der Waals surface area contributed by atoms with Gasteiger partial charge in [0.15, 0.2) is 5.16 Å². The highest BCUT2D eigenvalue weighted by molar-refractivity contribution is 7.99. The van der Waals surface area contributed by atoms with Gasteiger partial charge < -0.3 is 5.73 Å². The van der Waals surface area contributed by atoms with Gasteiger partial charge in [-0.3, -0.25) is 4.68 Å². The maximum Gasteiger partial charge on any atom is 0.188 e. The Hall–Kier alpha value is -1.40. The summed E-state index contributed by atoms with van der Waals surface area (Å²) in [7, 11) is 1.89. The van der Waals surface area contributed by atoms with E-state index in [-0.39, 0.29) is 11.3 Å². The van der Waals surface area contributed by atoms with Gasteiger partial charge in [-0.25, -0.2) is 9.97 Å². The summed E-state index contributed by atoms with van der Waals surface area (Å²) in [5, 5.41) is 5.02. The van der Waals surface area contributed by atoms with Crippen molar-refractivity contribution in [3.8, 4) is 0 Å². The lowest BCUT2D eigenvalue weighted by molar-refractivity contribution is 0.715. The van der Waals surface area contributed by atoms with Crippen molar-refractivity contribution in [3.05, 3.63) is 36.4 Å². The van der Waals surface area contributed by atoms with Gasteiger partial charge in [-0.2, -0.15) is 5.10 Å². The van der Waals surface area contributed by atoms with E-state index in [1.165, 1.54) is 0 Å². The first-order valence-corrected chi connectivity index (χ1v) is 6.22. The predicted molar refractivity (Wildman–Crippen MR) is 67.5 cm³/mol. The Labute approximate surface area is 104 Å². The van der Waals surface area contributed by atoms with Crippen LogP contribution in [0.1, 0.15) is 17.7 Å². The molecule has 0 aliphatic heterocycles. The van der Waals surface area contributed by atoms with E-state index in [1.54, 1.807) is 34.9 Å². The van der Waals surface area contributed by atoms with E-state index in [0.29, 0.717) is 0 Å². The van der Waals surface area contributed by atoms with Crippen molar-refractivity contribution < 1.29 is 0 Å². The Morgan fingerprint density at radius 3 is 2.59 bits per heavy atom. The molecule has 2 unspecified atom stereocenters. The van der Waals surface area contributed by atoms with Crippen LogP contribution in [-0.4, -0.2) is 25.8 Å². The molecular weight excluding hydrogens is 234 g/mol. The Morgan fingerprint density at radius 2 is 2.06 bits per heavy atom. The Kier molecular flexibility index (Phi) is 3.75. The fourth-order valence-electron chi connectivity index (χ4n) is 1.53. The van der Waals surface area contributed by atoms with Gasteiger partial charge in [0.25, 0.3) is 0 Å². The maximum absolute atomic E-state index is 6.01. The van der Waals surface area contributed by atoms with E-state index in [2.05, 4.69) is 15.1 Å². The third-order valence-electron chi connectivity index (χ3n) is 2.31. The quantitative estimate of drug-likeness (QED) is 0.655. The van der Waals surface area contributed by atoms with E-state index in [1.807, 2.05) is 26.4 Å². The number of rotatable bonds is 4. The molecule has 0 saturated carbocycles. The number of nitrogens with zero attached hydrogens (tertiary/aromatic N) is 4. The first kappa shape index (κ1) is 12.1. The summed E-state index contributed by atoms with van der Waals surface area (Å²) >= 11 is 1.56. The highest BCUT2D eigenvalue weighted by Crippen LogP contribution is 2.34. The van der Waals surface area contributed by atoms with Crippen LogP contribution in [0.15, 0.2) is 36.0 Å². The maximum atomic E-state index is 6.01. The standard InChI is InChI=1S/C11H15N5S/c1-8(12)10(9-6-15-16(2)7-9)17-11-13-4-3-5-14-11/h3-8,10H,12H2,1-2H3. The Morgan fingerprint density at radius 1 is 1.35 bits per heavy atom. The topological polar surface area (TPSA) is 69.6 Å². The average molecular weight is 249 g/mol. The summed E-state index contributed by atoms with van der Waals surface area (Å²) in [6, 6.07) is 1.81. The third-order valence-corrected chi connectivity index (χ3v) is 3.68. The summed E-state index contributed by atoms with van der Waals surface area (Å²) in [6.45, 7) is 1.98. The number of nitrogens with two attached hydrogens (primary N) is 1. The highest BCUT2D eigenvalue weighted by atomic mass is 32.2. The van der Waals surface area contributed by atoms with Crippen molar-refractivity contribution in [2.75, 3.05) is 0 Å². The molecule has 0 aliphatic rings. The predicted octanol–water partition coefficient (Wildman–Crippen LogP) is 1.39. The van der Waals surface area contributed by atoms with E-state index in [0.717, 1.165) is 10.7 Å². The minimum Gasteiger partial charge on any atom is -0.327 e. The summed E-state index contributed by atoms with van der Waals surface area (Å²) in [5.41, 5.74) is 7.11. The molecule has 0 radical (unpaired) electrons. The smallest absolute Gasteiger partial charge is 0.188 e. The van der Waals surface area contributed by atoms with Gasteiger partial charge in [0.2, 0.25) is 0 Å². The first-order chi connectivity index (χ1) is 8.16. The molecule has 90 valence electrons. The van der Waals surface area contributed by atoms with Gasteiger partial charge >= 0.3 is 0 Å². The average Bonchev–Trinajstić information content (AvgIpc) is 2.73. The second-order valence-electron chi connectivity index (χ2n) is 3.88. The van der Waals surface area contributed by atoms with Crippen LogP contribution >= 0.6 is 11.8 Å². The zero-order valence-corrected chi connectivity index (χ0v) is 10.6. The highest BCUT2D eigenvalue weighted by Gasteiger charge is 2.20. The molecule has 6 heteroatoms. The minimum atomic E-state index is 0.00741. The lowest BCUT2D eigenvalue weighted by atomic mass is 10.1. The van der Waals surface area contributed by atoms with Gasteiger partial charge in [0, 0.05) is 37.2 Å². The minimum absolute atomic E-state index is 0.00741. The van der Waals surface area contributed by atoms with Crippen LogP contribution in [0.3, 0.4) is 0 Å². The van der Waals surface area contributed by atoms with Gasteiger partial charge in [-0.15, -0.1) is 0 Å². The number of hydrogen-bond donors (Lipinski definition) is 1. The summed E-state index contributed by atoms with van der Waals surface area (Å²) in [5.74, 6) is 0. The zero-order chi connectivity index (χ0) is 12.3.